The summed E-state index contributed by atoms with van der Waals surface area (Å²) < 4.78 is 2.00. The average molecular weight is 505 g/mol. The average Bonchev–Trinajstić information content (AvgIpc) is 3.30. The van der Waals surface area contributed by atoms with Crippen LogP contribution < -0.4 is 5.32 Å². The summed E-state index contributed by atoms with van der Waals surface area (Å²) in [4.78, 5) is 33.6. The molecule has 1 fully saturated rings. The molecule has 2 aromatic carbocycles. The van der Waals surface area contributed by atoms with Gasteiger partial charge in [-0.25, -0.2) is 4.98 Å². The molecule has 36 heavy (non-hydrogen) atoms. The molecule has 1 aliphatic carbocycles. The van der Waals surface area contributed by atoms with Gasteiger partial charge in [0.05, 0.1) is 23.5 Å². The fourth-order valence-corrected chi connectivity index (χ4v) is 6.83. The van der Waals surface area contributed by atoms with Crippen LogP contribution in [0.1, 0.15) is 75.3 Å². The van der Waals surface area contributed by atoms with E-state index in [0.717, 1.165) is 39.8 Å². The van der Waals surface area contributed by atoms with E-state index in [1.54, 1.807) is 0 Å². The second-order valence-electron chi connectivity index (χ2n) is 10.0. The van der Waals surface area contributed by atoms with Crippen LogP contribution in [0, 0.1) is 0 Å². The first-order chi connectivity index (χ1) is 17.6. The van der Waals surface area contributed by atoms with Crippen molar-refractivity contribution in [3.8, 4) is 0 Å². The lowest BCUT2D eigenvalue weighted by Crippen LogP contribution is -2.46. The van der Waals surface area contributed by atoms with Crippen molar-refractivity contribution in [1.82, 2.24) is 19.8 Å². The Kier molecular flexibility index (Phi) is 7.95. The maximum atomic E-state index is 13.8. The van der Waals surface area contributed by atoms with Gasteiger partial charge >= 0.3 is 0 Å². The third kappa shape index (κ3) is 5.46. The third-order valence-corrected chi connectivity index (χ3v) is 8.93. The highest BCUT2D eigenvalue weighted by molar-refractivity contribution is 7.99. The SMILES string of the molecule is C[C@@H]1c2nc3ccccc3n2[C@H](CC(=O)NCCCSC2CCCCC2)C(=O)N1Cc1ccccc1. The molecule has 0 spiro atoms. The predicted octanol–water partition coefficient (Wildman–Crippen LogP) is 5.64. The lowest BCUT2D eigenvalue weighted by Gasteiger charge is -2.38. The highest BCUT2D eigenvalue weighted by Crippen LogP contribution is 2.37. The van der Waals surface area contributed by atoms with Crippen molar-refractivity contribution >= 4 is 34.6 Å². The highest BCUT2D eigenvalue weighted by Gasteiger charge is 2.40. The number of para-hydroxylation sites is 2. The molecular formula is C29H36N4O2S. The van der Waals surface area contributed by atoms with Crippen molar-refractivity contribution < 1.29 is 9.59 Å². The van der Waals surface area contributed by atoms with E-state index < -0.39 is 6.04 Å². The van der Waals surface area contributed by atoms with E-state index in [0.29, 0.717) is 13.1 Å². The van der Waals surface area contributed by atoms with Crippen LogP contribution in [0.5, 0.6) is 0 Å². The number of rotatable bonds is 9. The van der Waals surface area contributed by atoms with Crippen molar-refractivity contribution in [1.29, 1.82) is 0 Å². The van der Waals surface area contributed by atoms with Crippen molar-refractivity contribution in [2.24, 2.45) is 0 Å². The number of thioether (sulfide) groups is 1. The van der Waals surface area contributed by atoms with Crippen molar-refractivity contribution in [3.05, 3.63) is 66.0 Å². The molecular weight excluding hydrogens is 468 g/mol. The number of nitrogens with zero attached hydrogens (tertiary/aromatic N) is 3. The van der Waals surface area contributed by atoms with E-state index in [-0.39, 0.29) is 24.3 Å². The van der Waals surface area contributed by atoms with Gasteiger partial charge in [0.1, 0.15) is 11.9 Å². The molecule has 3 aromatic rings. The second kappa shape index (κ2) is 11.5. The number of nitrogens with one attached hydrogen (secondary N) is 1. The van der Waals surface area contributed by atoms with Gasteiger partial charge in [-0.3, -0.25) is 9.59 Å². The smallest absolute Gasteiger partial charge is 0.247 e. The maximum absolute atomic E-state index is 13.8. The fraction of sp³-hybridized carbons (Fsp3) is 0.483. The van der Waals surface area contributed by atoms with Gasteiger partial charge in [0.2, 0.25) is 11.8 Å². The Bertz CT molecular complexity index is 1190. The molecule has 1 saturated carbocycles. The minimum Gasteiger partial charge on any atom is -0.356 e. The molecule has 1 N–H and O–H groups in total. The van der Waals surface area contributed by atoms with Crippen LogP contribution in [-0.4, -0.2) is 43.8 Å². The molecule has 6 nitrogen and oxygen atoms in total. The van der Waals surface area contributed by atoms with Gasteiger partial charge in [-0.15, -0.1) is 0 Å². The quantitative estimate of drug-likeness (QED) is 0.383. The Morgan fingerprint density at radius 1 is 1.06 bits per heavy atom. The van der Waals surface area contributed by atoms with Crippen LogP contribution in [0.15, 0.2) is 54.6 Å². The van der Waals surface area contributed by atoms with Gasteiger partial charge in [-0.05, 0) is 49.6 Å². The minimum atomic E-state index is -0.594. The van der Waals surface area contributed by atoms with Crippen LogP contribution in [0.2, 0.25) is 0 Å². The number of aromatic nitrogens is 2. The zero-order valence-electron chi connectivity index (χ0n) is 21.1. The Morgan fingerprint density at radius 2 is 1.81 bits per heavy atom. The number of imidazole rings is 1. The van der Waals surface area contributed by atoms with E-state index in [9.17, 15) is 9.59 Å². The summed E-state index contributed by atoms with van der Waals surface area (Å²) >= 11 is 2.06. The largest absolute Gasteiger partial charge is 0.356 e. The Labute approximate surface area is 217 Å². The van der Waals surface area contributed by atoms with Crippen molar-refractivity contribution in [3.63, 3.8) is 0 Å². The normalized spacial score (nSPS) is 20.5. The van der Waals surface area contributed by atoms with Gasteiger partial charge in [0.15, 0.2) is 0 Å². The molecule has 0 saturated heterocycles. The van der Waals surface area contributed by atoms with Crippen LogP contribution in [0.3, 0.4) is 0 Å². The first kappa shape index (κ1) is 24.9. The third-order valence-electron chi connectivity index (χ3n) is 7.47. The van der Waals surface area contributed by atoms with Crippen LogP contribution in [0.4, 0.5) is 0 Å². The van der Waals surface area contributed by atoms with Gasteiger partial charge in [0.25, 0.3) is 0 Å². The number of hydrogen-bond donors (Lipinski definition) is 1. The summed E-state index contributed by atoms with van der Waals surface area (Å²) in [6.07, 6.45) is 7.84. The number of fused-ring (bicyclic) bond motifs is 3. The molecule has 0 bridgehead atoms. The Morgan fingerprint density at radius 3 is 2.61 bits per heavy atom. The van der Waals surface area contributed by atoms with E-state index in [4.69, 9.17) is 4.98 Å². The van der Waals surface area contributed by atoms with E-state index in [2.05, 4.69) is 17.1 Å². The molecule has 2 amide bonds. The molecule has 1 aliphatic heterocycles. The van der Waals surface area contributed by atoms with Gasteiger partial charge in [-0.1, -0.05) is 61.7 Å². The zero-order chi connectivity index (χ0) is 24.9. The maximum Gasteiger partial charge on any atom is 0.247 e. The first-order valence-corrected chi connectivity index (χ1v) is 14.4. The molecule has 5 rings (SSSR count). The molecule has 1 aromatic heterocycles. The van der Waals surface area contributed by atoms with E-state index in [1.807, 2.05) is 71.0 Å². The molecule has 190 valence electrons. The standard InChI is InChI=1S/C29H36N4O2S/c1-21-28-31-24-15-8-9-16-25(24)33(28)26(29(35)32(21)20-22-11-4-2-5-12-22)19-27(34)30-17-10-18-36-23-13-6-3-7-14-23/h2,4-5,8-9,11-12,15-16,21,23,26H,3,6-7,10,13-14,17-20H2,1H3,(H,30,34)/t21-,26-/m1/s1. The Hall–Kier alpha value is -2.80. The second-order valence-corrected chi connectivity index (χ2v) is 11.4. The molecule has 2 heterocycles. The number of carbonyl (C=O) groups is 2. The van der Waals surface area contributed by atoms with Crippen molar-refractivity contribution in [2.75, 3.05) is 12.3 Å². The van der Waals surface area contributed by atoms with E-state index >= 15 is 0 Å². The predicted molar refractivity (Wildman–Crippen MR) is 146 cm³/mol. The van der Waals surface area contributed by atoms with Gasteiger partial charge in [-0.2, -0.15) is 11.8 Å². The summed E-state index contributed by atoms with van der Waals surface area (Å²) in [5, 5.41) is 3.87. The molecule has 0 unspecified atom stereocenters. The summed E-state index contributed by atoms with van der Waals surface area (Å²) in [6.45, 7) is 3.18. The summed E-state index contributed by atoms with van der Waals surface area (Å²) in [5.41, 5.74) is 2.84. The number of amides is 2. The molecule has 7 heteroatoms. The summed E-state index contributed by atoms with van der Waals surface area (Å²) in [7, 11) is 0. The van der Waals surface area contributed by atoms with Gasteiger partial charge in [0, 0.05) is 18.3 Å². The summed E-state index contributed by atoms with van der Waals surface area (Å²) in [5.74, 6) is 1.82. The number of benzene rings is 2. The topological polar surface area (TPSA) is 67.2 Å². The van der Waals surface area contributed by atoms with Crippen LogP contribution in [0.25, 0.3) is 11.0 Å². The monoisotopic (exact) mass is 504 g/mol. The summed E-state index contributed by atoms with van der Waals surface area (Å²) in [6, 6.07) is 17.1. The lowest BCUT2D eigenvalue weighted by atomic mass is 10.0. The minimum absolute atomic E-state index is 0.0231. The molecule has 0 radical (unpaired) electrons. The molecule has 2 atom stereocenters. The lowest BCUT2D eigenvalue weighted by molar-refractivity contribution is -0.142. The van der Waals surface area contributed by atoms with Crippen molar-refractivity contribution in [2.45, 2.75) is 75.7 Å². The Balaban J connectivity index is 1.28. The number of hydrogen-bond acceptors (Lipinski definition) is 4. The van der Waals surface area contributed by atoms with Gasteiger partial charge < -0.3 is 14.8 Å². The zero-order valence-corrected chi connectivity index (χ0v) is 21.9. The highest BCUT2D eigenvalue weighted by atomic mass is 32.2. The fourth-order valence-electron chi connectivity index (χ4n) is 5.52. The van der Waals surface area contributed by atoms with Crippen LogP contribution >= 0.6 is 11.8 Å². The van der Waals surface area contributed by atoms with Crippen LogP contribution in [-0.2, 0) is 16.1 Å². The van der Waals surface area contributed by atoms with E-state index in [1.165, 1.54) is 32.1 Å². The first-order valence-electron chi connectivity index (χ1n) is 13.3. The molecule has 2 aliphatic rings. The number of carbonyl (C=O) groups excluding carboxylic acids is 2.